The van der Waals surface area contributed by atoms with Crippen LogP contribution in [0.15, 0.2) is 24.3 Å². The van der Waals surface area contributed by atoms with Crippen LogP contribution < -0.4 is 4.74 Å². The van der Waals surface area contributed by atoms with E-state index in [1.54, 1.807) is 12.1 Å². The lowest BCUT2D eigenvalue weighted by Gasteiger charge is -2.38. The Labute approximate surface area is 100 Å². The van der Waals surface area contributed by atoms with Gasteiger partial charge in [-0.3, -0.25) is 4.79 Å². The van der Waals surface area contributed by atoms with E-state index in [1.807, 2.05) is 19.1 Å². The molecule has 0 N–H and O–H groups in total. The van der Waals surface area contributed by atoms with Crippen LogP contribution in [0.5, 0.6) is 5.75 Å². The van der Waals surface area contributed by atoms with Crippen molar-refractivity contribution >= 4 is 5.78 Å². The predicted octanol–water partition coefficient (Wildman–Crippen LogP) is 2.03. The van der Waals surface area contributed by atoms with Gasteiger partial charge in [0.2, 0.25) is 0 Å². The molecule has 0 unspecified atom stereocenters. The summed E-state index contributed by atoms with van der Waals surface area (Å²) >= 11 is 0. The maximum Gasteiger partial charge on any atom is 0.197 e. The molecule has 0 bridgehead atoms. The van der Waals surface area contributed by atoms with Crippen molar-refractivity contribution in [1.29, 1.82) is 0 Å². The van der Waals surface area contributed by atoms with Crippen LogP contribution in [0.1, 0.15) is 23.7 Å². The maximum atomic E-state index is 12.0. The standard InChI is InChI=1S/C13H16O4/c1-13(12(15-2)16-3)8-10(14)9-6-4-5-7-11(9)17-13/h4-7,12H,8H2,1-3H3/t13-/m0/s1. The predicted molar refractivity (Wildman–Crippen MR) is 62.2 cm³/mol. The number of ketones is 1. The first kappa shape index (κ1) is 12.1. The lowest BCUT2D eigenvalue weighted by Crippen LogP contribution is -2.50. The third kappa shape index (κ3) is 2.06. The molecule has 0 saturated heterocycles. The molecule has 0 aromatic heterocycles. The van der Waals surface area contributed by atoms with Crippen LogP contribution in [-0.4, -0.2) is 31.9 Å². The van der Waals surface area contributed by atoms with Crippen LogP contribution in [0, 0.1) is 0 Å². The summed E-state index contributed by atoms with van der Waals surface area (Å²) in [6, 6.07) is 7.22. The van der Waals surface area contributed by atoms with E-state index < -0.39 is 11.9 Å². The Morgan fingerprint density at radius 3 is 2.59 bits per heavy atom. The minimum absolute atomic E-state index is 0.0495. The van der Waals surface area contributed by atoms with Gasteiger partial charge in [-0.05, 0) is 19.1 Å². The number of hydrogen-bond acceptors (Lipinski definition) is 4. The molecule has 1 heterocycles. The summed E-state index contributed by atoms with van der Waals surface area (Å²) in [5.41, 5.74) is -0.162. The van der Waals surface area contributed by atoms with Gasteiger partial charge in [-0.25, -0.2) is 0 Å². The highest BCUT2D eigenvalue weighted by Crippen LogP contribution is 2.35. The van der Waals surface area contributed by atoms with Crippen LogP contribution >= 0.6 is 0 Å². The van der Waals surface area contributed by atoms with E-state index in [9.17, 15) is 4.79 Å². The van der Waals surface area contributed by atoms with Crippen molar-refractivity contribution in [1.82, 2.24) is 0 Å². The third-order valence-corrected chi connectivity index (χ3v) is 2.97. The molecule has 4 nitrogen and oxygen atoms in total. The number of para-hydroxylation sites is 1. The number of carbonyl (C=O) groups excluding carboxylic acids is 1. The Balaban J connectivity index is 2.36. The molecule has 0 aliphatic carbocycles. The van der Waals surface area contributed by atoms with Gasteiger partial charge in [0, 0.05) is 14.2 Å². The molecule has 0 spiro atoms. The number of hydrogen-bond donors (Lipinski definition) is 0. The van der Waals surface area contributed by atoms with Crippen LogP contribution in [-0.2, 0) is 9.47 Å². The summed E-state index contributed by atoms with van der Waals surface area (Å²) < 4.78 is 16.3. The molecule has 4 heteroatoms. The fourth-order valence-electron chi connectivity index (χ4n) is 2.21. The molecule has 2 rings (SSSR count). The van der Waals surface area contributed by atoms with E-state index >= 15 is 0 Å². The fourth-order valence-corrected chi connectivity index (χ4v) is 2.21. The monoisotopic (exact) mass is 236 g/mol. The molecule has 92 valence electrons. The van der Waals surface area contributed by atoms with E-state index in [1.165, 1.54) is 14.2 Å². The van der Waals surface area contributed by atoms with Crippen molar-refractivity contribution in [2.24, 2.45) is 0 Å². The zero-order valence-corrected chi connectivity index (χ0v) is 10.2. The van der Waals surface area contributed by atoms with Crippen LogP contribution in [0.2, 0.25) is 0 Å². The lowest BCUT2D eigenvalue weighted by atomic mass is 9.91. The van der Waals surface area contributed by atoms with Crippen molar-refractivity contribution in [3.8, 4) is 5.75 Å². The van der Waals surface area contributed by atoms with Gasteiger partial charge in [0.1, 0.15) is 5.75 Å². The van der Waals surface area contributed by atoms with E-state index in [4.69, 9.17) is 14.2 Å². The summed E-state index contributed by atoms with van der Waals surface area (Å²) in [7, 11) is 3.07. The first-order chi connectivity index (χ1) is 8.10. The first-order valence-corrected chi connectivity index (χ1v) is 5.47. The Morgan fingerprint density at radius 2 is 1.94 bits per heavy atom. The number of methoxy groups -OCH3 is 2. The second-order valence-corrected chi connectivity index (χ2v) is 4.31. The van der Waals surface area contributed by atoms with Crippen LogP contribution in [0.3, 0.4) is 0 Å². The van der Waals surface area contributed by atoms with Gasteiger partial charge >= 0.3 is 0 Å². The highest BCUT2D eigenvalue weighted by Gasteiger charge is 2.43. The van der Waals surface area contributed by atoms with Gasteiger partial charge in [-0.15, -0.1) is 0 Å². The Morgan fingerprint density at radius 1 is 1.29 bits per heavy atom. The Hall–Kier alpha value is -1.39. The highest BCUT2D eigenvalue weighted by atomic mass is 16.7. The minimum Gasteiger partial charge on any atom is -0.481 e. The van der Waals surface area contributed by atoms with E-state index in [0.29, 0.717) is 11.3 Å². The van der Waals surface area contributed by atoms with E-state index in [2.05, 4.69) is 0 Å². The average Bonchev–Trinajstić information content (AvgIpc) is 2.30. The number of fused-ring (bicyclic) bond motifs is 1. The molecule has 1 aromatic rings. The molecule has 0 radical (unpaired) electrons. The smallest absolute Gasteiger partial charge is 0.197 e. The average molecular weight is 236 g/mol. The van der Waals surface area contributed by atoms with Crippen molar-refractivity contribution in [3.63, 3.8) is 0 Å². The third-order valence-electron chi connectivity index (χ3n) is 2.97. The van der Waals surface area contributed by atoms with Crippen LogP contribution in [0.25, 0.3) is 0 Å². The second kappa shape index (κ2) is 4.47. The highest BCUT2D eigenvalue weighted by molar-refractivity contribution is 6.00. The van der Waals surface area contributed by atoms with Gasteiger partial charge in [0.05, 0.1) is 12.0 Å². The zero-order valence-electron chi connectivity index (χ0n) is 10.2. The zero-order chi connectivity index (χ0) is 12.5. The maximum absolute atomic E-state index is 12.0. The fraction of sp³-hybridized carbons (Fsp3) is 0.462. The number of ether oxygens (including phenoxy) is 3. The van der Waals surface area contributed by atoms with E-state index in [-0.39, 0.29) is 12.2 Å². The molecule has 17 heavy (non-hydrogen) atoms. The largest absolute Gasteiger partial charge is 0.481 e. The lowest BCUT2D eigenvalue weighted by molar-refractivity contribution is -0.197. The second-order valence-electron chi connectivity index (χ2n) is 4.31. The molecular weight excluding hydrogens is 220 g/mol. The number of Topliss-reactive ketones (excluding diaryl/α,β-unsaturated/α-hetero) is 1. The molecular formula is C13H16O4. The van der Waals surface area contributed by atoms with E-state index in [0.717, 1.165) is 0 Å². The minimum atomic E-state index is -0.783. The first-order valence-electron chi connectivity index (χ1n) is 5.47. The molecule has 0 amide bonds. The molecule has 1 aliphatic heterocycles. The van der Waals surface area contributed by atoms with Crippen molar-refractivity contribution in [3.05, 3.63) is 29.8 Å². The van der Waals surface area contributed by atoms with Crippen molar-refractivity contribution in [2.75, 3.05) is 14.2 Å². The van der Waals surface area contributed by atoms with Gasteiger partial charge < -0.3 is 14.2 Å². The summed E-state index contributed by atoms with van der Waals surface area (Å²) in [5.74, 6) is 0.638. The molecule has 0 saturated carbocycles. The summed E-state index contributed by atoms with van der Waals surface area (Å²) in [5, 5.41) is 0. The van der Waals surface area contributed by atoms with Gasteiger partial charge in [0.15, 0.2) is 17.7 Å². The Bertz CT molecular complexity index is 425. The molecule has 1 atom stereocenters. The quantitative estimate of drug-likeness (QED) is 0.753. The molecule has 1 aromatic carbocycles. The van der Waals surface area contributed by atoms with Gasteiger partial charge in [-0.2, -0.15) is 0 Å². The molecule has 0 fully saturated rings. The van der Waals surface area contributed by atoms with Crippen molar-refractivity contribution < 1.29 is 19.0 Å². The number of benzene rings is 1. The topological polar surface area (TPSA) is 44.8 Å². The summed E-state index contributed by atoms with van der Waals surface area (Å²) in [4.78, 5) is 12.0. The summed E-state index contributed by atoms with van der Waals surface area (Å²) in [6.45, 7) is 1.82. The van der Waals surface area contributed by atoms with Crippen molar-refractivity contribution in [2.45, 2.75) is 25.2 Å². The van der Waals surface area contributed by atoms with Gasteiger partial charge in [-0.1, -0.05) is 12.1 Å². The normalized spacial score (nSPS) is 23.4. The number of carbonyl (C=O) groups is 1. The Kier molecular flexibility index (Phi) is 3.17. The van der Waals surface area contributed by atoms with Gasteiger partial charge in [0.25, 0.3) is 0 Å². The summed E-state index contributed by atoms with van der Waals surface area (Å²) in [6.07, 6.45) is -0.323. The number of rotatable bonds is 3. The van der Waals surface area contributed by atoms with Crippen LogP contribution in [0.4, 0.5) is 0 Å². The molecule has 1 aliphatic rings. The SMILES string of the molecule is COC(OC)[C@]1(C)CC(=O)c2ccccc2O1.